The molecule has 3 heteroatoms. The summed E-state index contributed by atoms with van der Waals surface area (Å²) in [6.45, 7) is 12.5. The maximum Gasteiger partial charge on any atom is 0.157 e. The predicted molar refractivity (Wildman–Crippen MR) is 72.7 cm³/mol. The van der Waals surface area contributed by atoms with Crippen LogP contribution in [0.4, 0.5) is 0 Å². The minimum absolute atomic E-state index is 0.0566. The Labute approximate surface area is 112 Å². The number of rotatable bonds is 4. The highest BCUT2D eigenvalue weighted by molar-refractivity contribution is 4.71. The van der Waals surface area contributed by atoms with Gasteiger partial charge in [0.25, 0.3) is 0 Å². The highest BCUT2D eigenvalue weighted by Crippen LogP contribution is 2.24. The molecule has 0 amide bonds. The number of hydrogen-bond donors (Lipinski definition) is 1. The first-order valence-electron chi connectivity index (χ1n) is 7.62. The number of hydrogen-bond acceptors (Lipinski definition) is 2. The van der Waals surface area contributed by atoms with Crippen LogP contribution in [0.5, 0.6) is 0 Å². The normalized spacial score (nSPS) is 33.5. The van der Waals surface area contributed by atoms with Crippen LogP contribution in [0.25, 0.3) is 0 Å². The standard InChI is InChI=1S/C15H29NO2/c1-13-6-9-16(10-7-13)8-4-5-14-17-11-15(2,3)12-18-14/h13-14H,4-12H2,1-3H3/p+1. The Morgan fingerprint density at radius 1 is 1.11 bits per heavy atom. The third-order valence-corrected chi connectivity index (χ3v) is 4.27. The summed E-state index contributed by atoms with van der Waals surface area (Å²) >= 11 is 0. The number of quaternary nitrogens is 1. The molecule has 0 atom stereocenters. The Kier molecular flexibility index (Phi) is 5.05. The maximum absolute atomic E-state index is 5.77. The van der Waals surface area contributed by atoms with E-state index in [1.807, 2.05) is 0 Å². The van der Waals surface area contributed by atoms with E-state index in [4.69, 9.17) is 9.47 Å². The van der Waals surface area contributed by atoms with E-state index < -0.39 is 0 Å². The molecular weight excluding hydrogens is 226 g/mol. The number of ether oxygens (including phenoxy) is 2. The lowest BCUT2D eigenvalue weighted by atomic mass is 9.95. The summed E-state index contributed by atoms with van der Waals surface area (Å²) in [6.07, 6.45) is 5.16. The van der Waals surface area contributed by atoms with Crippen molar-refractivity contribution in [2.24, 2.45) is 11.3 Å². The van der Waals surface area contributed by atoms with E-state index in [1.54, 1.807) is 4.90 Å². The van der Waals surface area contributed by atoms with Gasteiger partial charge < -0.3 is 14.4 Å². The number of likely N-dealkylation sites (tertiary alicyclic amines) is 1. The molecule has 2 saturated heterocycles. The molecule has 106 valence electrons. The van der Waals surface area contributed by atoms with Crippen LogP contribution in [0.3, 0.4) is 0 Å². The first kappa shape index (κ1) is 14.3. The van der Waals surface area contributed by atoms with Crippen LogP contribution in [0.15, 0.2) is 0 Å². The van der Waals surface area contributed by atoms with Gasteiger partial charge in [-0.25, -0.2) is 0 Å². The Morgan fingerprint density at radius 2 is 1.72 bits per heavy atom. The second-order valence-corrected chi connectivity index (χ2v) is 7.04. The van der Waals surface area contributed by atoms with Gasteiger partial charge in [-0.15, -0.1) is 0 Å². The van der Waals surface area contributed by atoms with Crippen molar-refractivity contribution in [3.63, 3.8) is 0 Å². The van der Waals surface area contributed by atoms with Gasteiger partial charge in [-0.3, -0.25) is 0 Å². The third-order valence-electron chi connectivity index (χ3n) is 4.27. The quantitative estimate of drug-likeness (QED) is 0.823. The molecule has 0 radical (unpaired) electrons. The molecule has 2 heterocycles. The van der Waals surface area contributed by atoms with E-state index in [2.05, 4.69) is 20.8 Å². The summed E-state index contributed by atoms with van der Waals surface area (Å²) in [4.78, 5) is 1.78. The largest absolute Gasteiger partial charge is 0.352 e. The van der Waals surface area contributed by atoms with Crippen molar-refractivity contribution in [1.29, 1.82) is 0 Å². The average molecular weight is 256 g/mol. The second-order valence-electron chi connectivity index (χ2n) is 7.04. The van der Waals surface area contributed by atoms with Crippen molar-refractivity contribution in [1.82, 2.24) is 0 Å². The van der Waals surface area contributed by atoms with Gasteiger partial charge in [0.2, 0.25) is 0 Å². The zero-order valence-electron chi connectivity index (χ0n) is 12.3. The molecular formula is C15H30NO2+. The molecule has 2 rings (SSSR count). The van der Waals surface area contributed by atoms with E-state index in [-0.39, 0.29) is 11.7 Å². The SMILES string of the molecule is CC1CC[NH+](CCCC2OCC(C)(C)CO2)CC1. The van der Waals surface area contributed by atoms with Gasteiger partial charge in [-0.05, 0) is 18.8 Å². The molecule has 0 bridgehead atoms. The third kappa shape index (κ3) is 4.52. The van der Waals surface area contributed by atoms with Crippen LogP contribution in [-0.2, 0) is 9.47 Å². The van der Waals surface area contributed by atoms with Crippen LogP contribution < -0.4 is 4.90 Å². The van der Waals surface area contributed by atoms with E-state index in [0.717, 1.165) is 25.6 Å². The summed E-state index contributed by atoms with van der Waals surface area (Å²) in [5, 5.41) is 0. The van der Waals surface area contributed by atoms with Crippen molar-refractivity contribution >= 4 is 0 Å². The molecule has 0 aromatic heterocycles. The molecule has 0 saturated carbocycles. The lowest BCUT2D eigenvalue weighted by Crippen LogP contribution is -3.13. The Balaban J connectivity index is 1.56. The fourth-order valence-electron chi connectivity index (χ4n) is 2.83. The van der Waals surface area contributed by atoms with E-state index in [0.29, 0.717) is 0 Å². The fraction of sp³-hybridized carbons (Fsp3) is 1.00. The summed E-state index contributed by atoms with van der Waals surface area (Å²) in [5.74, 6) is 0.945. The van der Waals surface area contributed by atoms with Gasteiger partial charge in [-0.2, -0.15) is 0 Å². The minimum atomic E-state index is 0.0566. The number of nitrogens with one attached hydrogen (secondary N) is 1. The van der Waals surface area contributed by atoms with Crippen LogP contribution >= 0.6 is 0 Å². The highest BCUT2D eigenvalue weighted by atomic mass is 16.7. The molecule has 0 unspecified atom stereocenters. The van der Waals surface area contributed by atoms with Gasteiger partial charge in [0.15, 0.2) is 6.29 Å². The summed E-state index contributed by atoms with van der Waals surface area (Å²) in [7, 11) is 0. The van der Waals surface area contributed by atoms with Gasteiger partial charge in [-0.1, -0.05) is 20.8 Å². The van der Waals surface area contributed by atoms with E-state index in [9.17, 15) is 0 Å². The molecule has 0 aromatic rings. The van der Waals surface area contributed by atoms with Gasteiger partial charge in [0.05, 0.1) is 32.8 Å². The zero-order valence-corrected chi connectivity index (χ0v) is 12.3. The fourth-order valence-corrected chi connectivity index (χ4v) is 2.83. The predicted octanol–water partition coefficient (Wildman–Crippen LogP) is 1.48. The second kappa shape index (κ2) is 6.36. The topological polar surface area (TPSA) is 22.9 Å². The highest BCUT2D eigenvalue weighted by Gasteiger charge is 2.28. The van der Waals surface area contributed by atoms with Crippen LogP contribution in [-0.4, -0.2) is 39.1 Å². The van der Waals surface area contributed by atoms with Crippen LogP contribution in [0.1, 0.15) is 46.5 Å². The number of piperidine rings is 1. The first-order valence-corrected chi connectivity index (χ1v) is 7.62. The van der Waals surface area contributed by atoms with Gasteiger partial charge in [0, 0.05) is 18.3 Å². The Bertz CT molecular complexity index is 237. The van der Waals surface area contributed by atoms with Crippen molar-refractivity contribution in [2.45, 2.75) is 52.7 Å². The molecule has 18 heavy (non-hydrogen) atoms. The van der Waals surface area contributed by atoms with Crippen LogP contribution in [0.2, 0.25) is 0 Å². The Morgan fingerprint density at radius 3 is 2.33 bits per heavy atom. The lowest BCUT2D eigenvalue weighted by molar-refractivity contribution is -0.906. The molecule has 3 nitrogen and oxygen atoms in total. The molecule has 2 aliphatic heterocycles. The molecule has 0 spiro atoms. The average Bonchev–Trinajstić information content (AvgIpc) is 2.34. The van der Waals surface area contributed by atoms with Crippen molar-refractivity contribution in [2.75, 3.05) is 32.8 Å². The van der Waals surface area contributed by atoms with E-state index in [1.165, 1.54) is 38.9 Å². The monoisotopic (exact) mass is 256 g/mol. The van der Waals surface area contributed by atoms with Crippen LogP contribution in [0, 0.1) is 11.3 Å². The van der Waals surface area contributed by atoms with Crippen molar-refractivity contribution < 1.29 is 14.4 Å². The summed E-state index contributed by atoms with van der Waals surface area (Å²) < 4.78 is 11.5. The molecule has 2 fully saturated rings. The van der Waals surface area contributed by atoms with Crippen molar-refractivity contribution in [3.05, 3.63) is 0 Å². The minimum Gasteiger partial charge on any atom is -0.352 e. The molecule has 1 N–H and O–H groups in total. The zero-order chi connectivity index (χ0) is 13.0. The van der Waals surface area contributed by atoms with Crippen molar-refractivity contribution in [3.8, 4) is 0 Å². The molecule has 2 aliphatic rings. The molecule has 0 aliphatic carbocycles. The lowest BCUT2D eigenvalue weighted by Gasteiger charge is -2.35. The van der Waals surface area contributed by atoms with Gasteiger partial charge >= 0.3 is 0 Å². The van der Waals surface area contributed by atoms with Gasteiger partial charge in [0.1, 0.15) is 0 Å². The Hall–Kier alpha value is -0.120. The molecule has 0 aromatic carbocycles. The smallest absolute Gasteiger partial charge is 0.157 e. The first-order chi connectivity index (χ1) is 8.55. The summed E-state index contributed by atoms with van der Waals surface area (Å²) in [6, 6.07) is 0. The maximum atomic E-state index is 5.77. The summed E-state index contributed by atoms with van der Waals surface area (Å²) in [5.41, 5.74) is 0.199. The van der Waals surface area contributed by atoms with E-state index >= 15 is 0 Å².